The molecule has 2 rings (SSSR count). The molecule has 1 heterocycles. The summed E-state index contributed by atoms with van der Waals surface area (Å²) in [4.78, 5) is 0. The van der Waals surface area contributed by atoms with Gasteiger partial charge in [0.25, 0.3) is 0 Å². The molecule has 19 heavy (non-hydrogen) atoms. The van der Waals surface area contributed by atoms with Crippen molar-refractivity contribution >= 4 is 0 Å². The van der Waals surface area contributed by atoms with E-state index in [4.69, 9.17) is 4.74 Å². The minimum Gasteiger partial charge on any atom is -0.372 e. The molecule has 0 radical (unpaired) electrons. The first-order chi connectivity index (χ1) is 8.70. The van der Waals surface area contributed by atoms with Gasteiger partial charge in [0.2, 0.25) is 0 Å². The van der Waals surface area contributed by atoms with Crippen molar-refractivity contribution in [2.24, 2.45) is 5.41 Å². The predicted molar refractivity (Wildman–Crippen MR) is 81.5 cm³/mol. The molecule has 0 aromatic carbocycles. The van der Waals surface area contributed by atoms with Gasteiger partial charge in [0.1, 0.15) is 0 Å². The zero-order valence-electron chi connectivity index (χ0n) is 13.6. The van der Waals surface area contributed by atoms with Crippen LogP contribution in [0.5, 0.6) is 0 Å². The zero-order valence-corrected chi connectivity index (χ0v) is 13.6. The van der Waals surface area contributed by atoms with Gasteiger partial charge >= 0.3 is 0 Å². The van der Waals surface area contributed by atoms with Crippen LogP contribution in [0.1, 0.15) is 79.6 Å². The van der Waals surface area contributed by atoms with E-state index in [0.29, 0.717) is 11.5 Å². The number of rotatable bonds is 4. The van der Waals surface area contributed by atoms with E-state index >= 15 is 0 Å². The number of nitrogens with one attached hydrogen (secondary N) is 1. The zero-order chi connectivity index (χ0) is 14.1. The molecule has 1 N–H and O–H groups in total. The molecule has 1 aliphatic heterocycles. The van der Waals surface area contributed by atoms with Crippen molar-refractivity contribution in [2.75, 3.05) is 6.54 Å². The summed E-state index contributed by atoms with van der Waals surface area (Å²) in [5, 5.41) is 3.64. The SMILES string of the molecule is CC(C)(CNC(C)(C)C)CC1CCC2(CCCC2)O1. The van der Waals surface area contributed by atoms with Crippen LogP contribution in [0.25, 0.3) is 0 Å². The Bertz CT molecular complexity index is 297. The molecule has 1 saturated carbocycles. The topological polar surface area (TPSA) is 21.3 Å². The summed E-state index contributed by atoms with van der Waals surface area (Å²) in [7, 11) is 0. The van der Waals surface area contributed by atoms with Crippen molar-refractivity contribution in [1.82, 2.24) is 5.32 Å². The van der Waals surface area contributed by atoms with E-state index in [2.05, 4.69) is 39.9 Å². The molecule has 1 spiro atoms. The first-order valence-electron chi connectivity index (χ1n) is 8.13. The Morgan fingerprint density at radius 3 is 2.26 bits per heavy atom. The van der Waals surface area contributed by atoms with Crippen LogP contribution in [0.3, 0.4) is 0 Å². The minimum absolute atomic E-state index is 0.209. The Labute approximate surface area is 119 Å². The van der Waals surface area contributed by atoms with Crippen LogP contribution in [0.2, 0.25) is 0 Å². The Kier molecular flexibility index (Phi) is 4.32. The fourth-order valence-corrected chi connectivity index (χ4v) is 3.62. The lowest BCUT2D eigenvalue weighted by molar-refractivity contribution is -0.0506. The molecule has 0 aromatic heterocycles. The van der Waals surface area contributed by atoms with E-state index in [0.717, 1.165) is 6.54 Å². The minimum atomic E-state index is 0.209. The van der Waals surface area contributed by atoms with Crippen LogP contribution in [0, 0.1) is 5.41 Å². The normalized spacial score (nSPS) is 27.3. The molecular weight excluding hydrogens is 234 g/mol. The van der Waals surface area contributed by atoms with Gasteiger partial charge in [-0.25, -0.2) is 0 Å². The second kappa shape index (κ2) is 5.37. The van der Waals surface area contributed by atoms with Crippen LogP contribution in [0.4, 0.5) is 0 Å². The third kappa shape index (κ3) is 4.46. The molecule has 1 unspecified atom stereocenters. The monoisotopic (exact) mass is 267 g/mol. The Morgan fingerprint density at radius 1 is 1.05 bits per heavy atom. The second-order valence-electron chi connectivity index (χ2n) is 8.64. The second-order valence-corrected chi connectivity index (χ2v) is 8.64. The molecule has 2 fully saturated rings. The molecule has 112 valence electrons. The summed E-state index contributed by atoms with van der Waals surface area (Å²) in [6.07, 6.45) is 9.64. The standard InChI is InChI=1S/C17H33NO/c1-15(2,3)18-13-16(4,5)12-14-8-11-17(19-14)9-6-7-10-17/h14,18H,6-13H2,1-5H3. The number of ether oxygens (including phenoxy) is 1. The maximum atomic E-state index is 6.45. The Morgan fingerprint density at radius 2 is 1.68 bits per heavy atom. The van der Waals surface area contributed by atoms with Gasteiger partial charge in [-0.1, -0.05) is 26.7 Å². The summed E-state index contributed by atoms with van der Waals surface area (Å²) in [5.74, 6) is 0. The Balaban J connectivity index is 1.80. The summed E-state index contributed by atoms with van der Waals surface area (Å²) in [5.41, 5.74) is 0.820. The van der Waals surface area contributed by atoms with Gasteiger partial charge in [-0.2, -0.15) is 0 Å². The molecular formula is C17H33NO. The van der Waals surface area contributed by atoms with Gasteiger partial charge in [-0.15, -0.1) is 0 Å². The van der Waals surface area contributed by atoms with Crippen LogP contribution in [0.15, 0.2) is 0 Å². The highest BCUT2D eigenvalue weighted by Gasteiger charge is 2.43. The summed E-state index contributed by atoms with van der Waals surface area (Å²) in [6.45, 7) is 12.5. The van der Waals surface area contributed by atoms with Crippen LogP contribution in [-0.2, 0) is 4.74 Å². The third-order valence-corrected chi connectivity index (χ3v) is 4.73. The van der Waals surface area contributed by atoms with E-state index in [9.17, 15) is 0 Å². The Hall–Kier alpha value is -0.0800. The first kappa shape index (κ1) is 15.3. The fourth-order valence-electron chi connectivity index (χ4n) is 3.62. The maximum Gasteiger partial charge on any atom is 0.0687 e. The maximum absolute atomic E-state index is 6.45. The van der Waals surface area contributed by atoms with E-state index < -0.39 is 0 Å². The quantitative estimate of drug-likeness (QED) is 0.820. The lowest BCUT2D eigenvalue weighted by Gasteiger charge is -2.33. The molecule has 1 saturated heterocycles. The molecule has 2 nitrogen and oxygen atoms in total. The van der Waals surface area contributed by atoms with Crippen molar-refractivity contribution < 1.29 is 4.74 Å². The highest BCUT2D eigenvalue weighted by molar-refractivity contribution is 4.94. The smallest absolute Gasteiger partial charge is 0.0687 e. The summed E-state index contributed by atoms with van der Waals surface area (Å²) < 4.78 is 6.45. The average Bonchev–Trinajstić information content (AvgIpc) is 2.86. The third-order valence-electron chi connectivity index (χ3n) is 4.73. The lowest BCUT2D eigenvalue weighted by atomic mass is 9.85. The van der Waals surface area contributed by atoms with Gasteiger partial charge in [-0.3, -0.25) is 0 Å². The molecule has 0 bridgehead atoms. The van der Waals surface area contributed by atoms with Crippen molar-refractivity contribution in [2.45, 2.75) is 96.8 Å². The van der Waals surface area contributed by atoms with Gasteiger partial charge in [0.05, 0.1) is 11.7 Å². The van der Waals surface area contributed by atoms with Crippen molar-refractivity contribution in [3.05, 3.63) is 0 Å². The summed E-state index contributed by atoms with van der Waals surface area (Å²) >= 11 is 0. The highest BCUT2D eigenvalue weighted by atomic mass is 16.5. The lowest BCUT2D eigenvalue weighted by Crippen LogP contribution is -2.43. The largest absolute Gasteiger partial charge is 0.372 e. The van der Waals surface area contributed by atoms with Gasteiger partial charge in [0.15, 0.2) is 0 Å². The first-order valence-corrected chi connectivity index (χ1v) is 8.13. The predicted octanol–water partition coefficient (Wildman–Crippen LogP) is 4.28. The molecule has 2 aliphatic rings. The van der Waals surface area contributed by atoms with E-state index in [-0.39, 0.29) is 11.1 Å². The van der Waals surface area contributed by atoms with Gasteiger partial charge in [0, 0.05) is 12.1 Å². The molecule has 1 atom stereocenters. The van der Waals surface area contributed by atoms with Crippen LogP contribution >= 0.6 is 0 Å². The van der Waals surface area contributed by atoms with Crippen LogP contribution < -0.4 is 5.32 Å². The molecule has 2 heteroatoms. The molecule has 0 aromatic rings. The van der Waals surface area contributed by atoms with Crippen molar-refractivity contribution in [1.29, 1.82) is 0 Å². The highest BCUT2D eigenvalue weighted by Crippen LogP contribution is 2.45. The van der Waals surface area contributed by atoms with Crippen LogP contribution in [-0.4, -0.2) is 23.8 Å². The summed E-state index contributed by atoms with van der Waals surface area (Å²) in [6, 6.07) is 0. The average molecular weight is 267 g/mol. The fraction of sp³-hybridized carbons (Fsp3) is 1.00. The van der Waals surface area contributed by atoms with Gasteiger partial charge in [-0.05, 0) is 58.3 Å². The number of hydrogen-bond donors (Lipinski definition) is 1. The molecule has 0 amide bonds. The van der Waals surface area contributed by atoms with E-state index in [1.807, 2.05) is 0 Å². The van der Waals surface area contributed by atoms with Crippen molar-refractivity contribution in [3.8, 4) is 0 Å². The molecule has 1 aliphatic carbocycles. The van der Waals surface area contributed by atoms with Crippen molar-refractivity contribution in [3.63, 3.8) is 0 Å². The van der Waals surface area contributed by atoms with E-state index in [1.54, 1.807) is 0 Å². The van der Waals surface area contributed by atoms with Gasteiger partial charge < -0.3 is 10.1 Å². The van der Waals surface area contributed by atoms with E-state index in [1.165, 1.54) is 44.9 Å². The number of hydrogen-bond acceptors (Lipinski definition) is 2.